The van der Waals surface area contributed by atoms with Crippen LogP contribution in [0.1, 0.15) is 49.0 Å². The monoisotopic (exact) mass is 559 g/mol. The molecule has 4 aromatic rings. The number of aromatic nitrogens is 7. The Hall–Kier alpha value is -4.65. The van der Waals surface area contributed by atoms with Crippen molar-refractivity contribution in [1.82, 2.24) is 40.3 Å². The number of hydrogen-bond acceptors (Lipinski definition) is 9. The Bertz CT molecular complexity index is 1540. The molecule has 13 nitrogen and oxygen atoms in total. The van der Waals surface area contributed by atoms with Crippen molar-refractivity contribution in [3.05, 3.63) is 59.9 Å². The Morgan fingerprint density at radius 1 is 1.24 bits per heavy atom. The van der Waals surface area contributed by atoms with E-state index in [0.717, 1.165) is 40.9 Å². The molecule has 1 fully saturated rings. The van der Waals surface area contributed by atoms with Gasteiger partial charge in [-0.05, 0) is 67.8 Å². The third kappa shape index (κ3) is 5.53. The lowest BCUT2D eigenvalue weighted by molar-refractivity contribution is -0.0810. The molecular weight excluding hydrogens is 526 g/mol. The lowest BCUT2D eigenvalue weighted by atomic mass is 10.0. The maximum Gasteiger partial charge on any atom is 0.508 e. The Kier molecular flexibility index (Phi) is 7.79. The van der Waals surface area contributed by atoms with E-state index in [-0.39, 0.29) is 17.8 Å². The maximum atomic E-state index is 13.9. The van der Waals surface area contributed by atoms with E-state index in [0.29, 0.717) is 30.0 Å². The van der Waals surface area contributed by atoms with E-state index < -0.39 is 11.9 Å². The van der Waals surface area contributed by atoms with E-state index in [2.05, 4.69) is 30.8 Å². The van der Waals surface area contributed by atoms with Gasteiger partial charge in [0, 0.05) is 37.3 Å². The number of hydrogen-bond donors (Lipinski definition) is 2. The van der Waals surface area contributed by atoms with Crippen LogP contribution in [0, 0.1) is 6.92 Å². The van der Waals surface area contributed by atoms with E-state index in [9.17, 15) is 9.59 Å². The van der Waals surface area contributed by atoms with Crippen LogP contribution in [0.25, 0.3) is 22.6 Å². The van der Waals surface area contributed by atoms with Gasteiger partial charge in [-0.25, -0.2) is 9.78 Å². The summed E-state index contributed by atoms with van der Waals surface area (Å²) in [6.45, 7) is 6.96. The Morgan fingerprint density at radius 2 is 2.02 bits per heavy atom. The van der Waals surface area contributed by atoms with Gasteiger partial charge in [0.05, 0.1) is 12.2 Å². The highest BCUT2D eigenvalue weighted by atomic mass is 16.7. The lowest BCUT2D eigenvalue weighted by Gasteiger charge is -2.34. The second kappa shape index (κ2) is 11.5. The summed E-state index contributed by atoms with van der Waals surface area (Å²) in [6.07, 6.45) is 4.16. The lowest BCUT2D eigenvalue weighted by Crippen LogP contribution is -2.49. The minimum Gasteiger partial charge on any atom is -0.450 e. The zero-order valence-corrected chi connectivity index (χ0v) is 23.5. The van der Waals surface area contributed by atoms with Gasteiger partial charge in [0.1, 0.15) is 11.5 Å². The number of carbonyl (C=O) groups excluding carboxylic acids is 1. The summed E-state index contributed by atoms with van der Waals surface area (Å²) >= 11 is 0. The first-order valence-electron chi connectivity index (χ1n) is 13.5. The van der Waals surface area contributed by atoms with Crippen LogP contribution in [0.5, 0.6) is 0 Å². The summed E-state index contributed by atoms with van der Waals surface area (Å²) in [4.78, 5) is 32.6. The molecule has 2 atom stereocenters. The zero-order valence-electron chi connectivity index (χ0n) is 23.5. The van der Waals surface area contributed by atoms with Crippen LogP contribution in [-0.2, 0) is 17.5 Å². The molecule has 0 spiro atoms. The van der Waals surface area contributed by atoms with Crippen LogP contribution in [0.4, 0.5) is 10.6 Å². The molecular formula is C28H33N9O4. The van der Waals surface area contributed by atoms with Gasteiger partial charge in [0.2, 0.25) is 11.5 Å². The molecule has 1 aromatic carbocycles. The van der Waals surface area contributed by atoms with E-state index in [1.807, 2.05) is 36.1 Å². The molecule has 3 aromatic heterocycles. The zero-order chi connectivity index (χ0) is 29.1. The molecule has 4 heterocycles. The van der Waals surface area contributed by atoms with E-state index >= 15 is 0 Å². The van der Waals surface area contributed by atoms with Gasteiger partial charge < -0.3 is 15.2 Å². The molecule has 1 aliphatic heterocycles. The number of anilines is 1. The maximum absolute atomic E-state index is 13.9. The second-order valence-electron chi connectivity index (χ2n) is 10.2. The summed E-state index contributed by atoms with van der Waals surface area (Å²) in [6, 6.07) is 11.2. The molecule has 0 bridgehead atoms. The van der Waals surface area contributed by atoms with Gasteiger partial charge in [-0.3, -0.25) is 14.4 Å². The minimum atomic E-state index is -1.43. The normalized spacial score (nSPS) is 16.6. The number of benzene rings is 1. The fourth-order valence-electron chi connectivity index (χ4n) is 5.02. The topological polar surface area (TPSA) is 153 Å². The van der Waals surface area contributed by atoms with Gasteiger partial charge in [0.25, 0.3) is 5.91 Å². The van der Waals surface area contributed by atoms with Gasteiger partial charge in [-0.1, -0.05) is 25.1 Å². The summed E-state index contributed by atoms with van der Waals surface area (Å²) in [7, 11) is 1.76. The molecule has 214 valence electrons. The number of nitrogens with one attached hydrogen (secondary N) is 1. The molecule has 0 saturated carbocycles. The summed E-state index contributed by atoms with van der Waals surface area (Å²) in [5.74, 6) is 0.820. The number of aryl methyl sites for hydroxylation is 2. The predicted octanol–water partition coefficient (Wildman–Crippen LogP) is 3.62. The van der Waals surface area contributed by atoms with Gasteiger partial charge in [0.15, 0.2) is 0 Å². The van der Waals surface area contributed by atoms with Crippen LogP contribution < -0.4 is 10.2 Å². The van der Waals surface area contributed by atoms with Crippen molar-refractivity contribution >= 4 is 17.9 Å². The quantitative estimate of drug-likeness (QED) is 0.306. The standard InChI is InChI=1S/C28H33N9O4/c1-5-28(3,41-27(39)40)37-33-24(32-34-37)23-22(17-31-35(23)4)19-10-12-20(13-11-19)26(38)36(21-9-7-14-29-16-21)25-18(2)8-6-15-30-25/h6,8,10-13,15,17,21,29H,5,7,9,14,16H2,1-4H3,(H,39,40)/t21-,28-/m1/s1. The third-order valence-electron chi connectivity index (χ3n) is 7.46. The van der Waals surface area contributed by atoms with Crippen LogP contribution >= 0.6 is 0 Å². The number of ether oxygens (including phenoxy) is 1. The van der Waals surface area contributed by atoms with Gasteiger partial charge >= 0.3 is 6.16 Å². The first kappa shape index (κ1) is 27.9. The molecule has 13 heteroatoms. The highest BCUT2D eigenvalue weighted by Gasteiger charge is 2.33. The van der Waals surface area contributed by atoms with Crippen molar-refractivity contribution < 1.29 is 19.4 Å². The number of carboxylic acid groups (broad SMARTS) is 1. The van der Waals surface area contributed by atoms with E-state index in [4.69, 9.17) is 9.84 Å². The first-order valence-corrected chi connectivity index (χ1v) is 13.5. The average molecular weight is 560 g/mol. The van der Waals surface area contributed by atoms with Crippen molar-refractivity contribution in [2.75, 3.05) is 18.0 Å². The van der Waals surface area contributed by atoms with Crippen LogP contribution in [-0.4, -0.2) is 71.3 Å². The van der Waals surface area contributed by atoms with E-state index in [1.165, 1.54) is 0 Å². The summed E-state index contributed by atoms with van der Waals surface area (Å²) in [5.41, 5.74) is 2.30. The van der Waals surface area contributed by atoms with Crippen molar-refractivity contribution in [1.29, 1.82) is 0 Å². The summed E-state index contributed by atoms with van der Waals surface area (Å²) in [5, 5.41) is 29.6. The second-order valence-corrected chi connectivity index (χ2v) is 10.2. The van der Waals surface area contributed by atoms with Gasteiger partial charge in [-0.15, -0.1) is 15.0 Å². The molecule has 1 saturated heterocycles. The Labute approximate surface area is 237 Å². The largest absolute Gasteiger partial charge is 0.508 e. The highest BCUT2D eigenvalue weighted by Crippen LogP contribution is 2.31. The summed E-state index contributed by atoms with van der Waals surface area (Å²) < 4.78 is 6.66. The number of tetrazole rings is 1. The number of carbonyl (C=O) groups is 2. The van der Waals surface area contributed by atoms with Crippen LogP contribution in [0.3, 0.4) is 0 Å². The number of piperidine rings is 1. The van der Waals surface area contributed by atoms with Crippen molar-refractivity contribution in [2.24, 2.45) is 7.05 Å². The molecule has 5 rings (SSSR count). The van der Waals surface area contributed by atoms with Crippen LogP contribution in [0.15, 0.2) is 48.8 Å². The predicted molar refractivity (Wildman–Crippen MR) is 150 cm³/mol. The number of nitrogens with zero attached hydrogens (tertiary/aromatic N) is 8. The van der Waals surface area contributed by atoms with Crippen molar-refractivity contribution in [3.8, 4) is 22.6 Å². The molecule has 41 heavy (non-hydrogen) atoms. The molecule has 0 radical (unpaired) electrons. The fraction of sp³-hybridized carbons (Fsp3) is 0.393. The molecule has 1 aliphatic rings. The average Bonchev–Trinajstić information content (AvgIpc) is 3.61. The number of amides is 1. The SMILES string of the molecule is CC[C@@](C)(OC(=O)O)n1nnc(-c2c(-c3ccc(C(=O)N(c4ncccc4C)[C@@H]4CCCNC4)cc3)cnn2C)n1. The van der Waals surface area contributed by atoms with Crippen LogP contribution in [0.2, 0.25) is 0 Å². The minimum absolute atomic E-state index is 0.00190. The molecule has 2 N–H and O–H groups in total. The molecule has 1 amide bonds. The highest BCUT2D eigenvalue weighted by molar-refractivity contribution is 6.06. The van der Waals surface area contributed by atoms with Crippen molar-refractivity contribution in [2.45, 2.75) is 51.8 Å². The molecule has 0 unspecified atom stereocenters. The third-order valence-corrected chi connectivity index (χ3v) is 7.46. The van der Waals surface area contributed by atoms with Gasteiger partial charge in [-0.2, -0.15) is 5.10 Å². The first-order chi connectivity index (χ1) is 19.7. The Balaban J connectivity index is 1.45. The smallest absolute Gasteiger partial charge is 0.450 e. The number of rotatable bonds is 8. The van der Waals surface area contributed by atoms with E-state index in [1.54, 1.807) is 50.1 Å². The number of pyridine rings is 1. The Morgan fingerprint density at radius 3 is 2.68 bits per heavy atom. The van der Waals surface area contributed by atoms with Crippen molar-refractivity contribution in [3.63, 3.8) is 0 Å². The fourth-order valence-corrected chi connectivity index (χ4v) is 5.02. The molecule has 0 aliphatic carbocycles.